The van der Waals surface area contributed by atoms with Crippen LogP contribution < -0.4 is 0 Å². The molecule has 4 heteroatoms. The Morgan fingerprint density at radius 2 is 2.27 bits per heavy atom. The third-order valence-electron chi connectivity index (χ3n) is 1.69. The van der Waals surface area contributed by atoms with Gasteiger partial charge in [-0.05, 0) is 17.7 Å². The quantitative estimate of drug-likeness (QED) is 0.593. The Morgan fingerprint density at radius 3 is 2.80 bits per heavy atom. The van der Waals surface area contributed by atoms with E-state index in [1.54, 1.807) is 6.07 Å². The van der Waals surface area contributed by atoms with Crippen molar-refractivity contribution in [1.82, 2.24) is 0 Å². The molecular weight excluding hydrogens is 215 g/mol. The van der Waals surface area contributed by atoms with Crippen LogP contribution in [0.5, 0.6) is 0 Å². The Kier molecular flexibility index (Phi) is 4.19. The molecule has 1 aromatic rings. The molecule has 0 unspecified atom stereocenters. The number of rotatable bonds is 2. The van der Waals surface area contributed by atoms with E-state index in [0.717, 1.165) is 0 Å². The smallest absolute Gasteiger partial charge is 0.307 e. The number of benzene rings is 1. The summed E-state index contributed by atoms with van der Waals surface area (Å²) in [6.07, 6.45) is -0.183. The van der Waals surface area contributed by atoms with E-state index in [1.165, 1.54) is 12.1 Å². The van der Waals surface area contributed by atoms with Crippen LogP contribution in [0.2, 0.25) is 0 Å². The van der Waals surface area contributed by atoms with Crippen molar-refractivity contribution in [3.63, 3.8) is 0 Å². The number of aliphatic carboxylic acids is 1. The lowest BCUT2D eigenvalue weighted by Gasteiger charge is -1.99. The van der Waals surface area contributed by atoms with Gasteiger partial charge in [0.05, 0.1) is 17.7 Å². The molecular formula is C11H9FO2S. The lowest BCUT2D eigenvalue weighted by molar-refractivity contribution is -0.136. The first kappa shape index (κ1) is 11.6. The lowest BCUT2D eigenvalue weighted by atomic mass is 10.1. The van der Waals surface area contributed by atoms with Gasteiger partial charge in [-0.15, -0.1) is 0 Å². The number of carboxylic acid groups (broad SMARTS) is 1. The van der Waals surface area contributed by atoms with Gasteiger partial charge in [0.1, 0.15) is 5.82 Å². The van der Waals surface area contributed by atoms with Crippen LogP contribution in [-0.2, 0) is 11.2 Å². The molecule has 0 aliphatic rings. The summed E-state index contributed by atoms with van der Waals surface area (Å²) in [5.74, 6) is 4.10. The summed E-state index contributed by atoms with van der Waals surface area (Å²) in [5.41, 5.74) is 0.689. The van der Waals surface area contributed by atoms with Crippen molar-refractivity contribution < 1.29 is 14.3 Å². The van der Waals surface area contributed by atoms with Crippen LogP contribution >= 0.6 is 12.6 Å². The molecule has 0 saturated carbocycles. The van der Waals surface area contributed by atoms with Gasteiger partial charge >= 0.3 is 5.97 Å². The van der Waals surface area contributed by atoms with Crippen LogP contribution in [0.15, 0.2) is 18.2 Å². The van der Waals surface area contributed by atoms with Crippen LogP contribution in [0.3, 0.4) is 0 Å². The molecule has 0 atom stereocenters. The van der Waals surface area contributed by atoms with Crippen LogP contribution in [0, 0.1) is 17.7 Å². The molecule has 0 aliphatic carbocycles. The number of carboxylic acids is 1. The summed E-state index contributed by atoms with van der Waals surface area (Å²) in [6.45, 7) is 0. The minimum Gasteiger partial charge on any atom is -0.481 e. The third kappa shape index (κ3) is 3.64. The first-order valence-corrected chi connectivity index (χ1v) is 4.86. The molecule has 0 fully saturated rings. The molecule has 0 bridgehead atoms. The molecule has 1 rings (SSSR count). The van der Waals surface area contributed by atoms with Gasteiger partial charge < -0.3 is 5.11 Å². The lowest BCUT2D eigenvalue weighted by Crippen LogP contribution is -2.00. The predicted octanol–water partition coefficient (Wildman–Crippen LogP) is 1.73. The van der Waals surface area contributed by atoms with Crippen LogP contribution in [0.1, 0.15) is 11.1 Å². The summed E-state index contributed by atoms with van der Waals surface area (Å²) in [4.78, 5) is 10.4. The largest absolute Gasteiger partial charge is 0.481 e. The van der Waals surface area contributed by atoms with E-state index >= 15 is 0 Å². The van der Waals surface area contributed by atoms with E-state index in [9.17, 15) is 9.18 Å². The first-order chi connectivity index (χ1) is 7.13. The SMILES string of the molecule is O=C(O)Cc1ccc(C#CCS)c(F)c1. The molecule has 0 amide bonds. The zero-order valence-electron chi connectivity index (χ0n) is 7.83. The monoisotopic (exact) mass is 224 g/mol. The van der Waals surface area contributed by atoms with Gasteiger partial charge in [0, 0.05) is 0 Å². The summed E-state index contributed by atoms with van der Waals surface area (Å²) in [6, 6.07) is 4.22. The maximum Gasteiger partial charge on any atom is 0.307 e. The van der Waals surface area contributed by atoms with Gasteiger partial charge in [0.25, 0.3) is 0 Å². The van der Waals surface area contributed by atoms with E-state index < -0.39 is 11.8 Å². The van der Waals surface area contributed by atoms with E-state index in [-0.39, 0.29) is 12.0 Å². The molecule has 2 nitrogen and oxygen atoms in total. The second-order valence-electron chi connectivity index (χ2n) is 2.84. The van der Waals surface area contributed by atoms with Gasteiger partial charge in [-0.2, -0.15) is 12.6 Å². The molecule has 0 aromatic heterocycles. The zero-order valence-corrected chi connectivity index (χ0v) is 8.72. The number of hydrogen-bond donors (Lipinski definition) is 2. The first-order valence-electron chi connectivity index (χ1n) is 4.23. The molecule has 0 aliphatic heterocycles. The summed E-state index contributed by atoms with van der Waals surface area (Å²) in [5, 5.41) is 8.51. The van der Waals surface area contributed by atoms with E-state index in [1.807, 2.05) is 0 Å². The minimum atomic E-state index is -0.983. The Labute approximate surface area is 92.5 Å². The Bertz CT molecular complexity index is 432. The molecule has 78 valence electrons. The van der Waals surface area contributed by atoms with Crippen molar-refractivity contribution in [2.45, 2.75) is 6.42 Å². The normalized spacial score (nSPS) is 9.20. The number of hydrogen-bond acceptors (Lipinski definition) is 2. The summed E-state index contributed by atoms with van der Waals surface area (Å²) >= 11 is 3.88. The van der Waals surface area contributed by atoms with Gasteiger partial charge in [-0.1, -0.05) is 17.9 Å². The van der Waals surface area contributed by atoms with Crippen molar-refractivity contribution >= 4 is 18.6 Å². The number of thiol groups is 1. The Morgan fingerprint density at radius 1 is 1.53 bits per heavy atom. The fourth-order valence-electron chi connectivity index (χ4n) is 1.08. The minimum absolute atomic E-state index is 0.183. The highest BCUT2D eigenvalue weighted by Gasteiger charge is 2.04. The van der Waals surface area contributed by atoms with Gasteiger partial charge in [0.2, 0.25) is 0 Å². The van der Waals surface area contributed by atoms with Crippen molar-refractivity contribution in [3.05, 3.63) is 35.1 Å². The zero-order chi connectivity index (χ0) is 11.3. The van der Waals surface area contributed by atoms with Crippen molar-refractivity contribution in [2.75, 3.05) is 5.75 Å². The van der Waals surface area contributed by atoms with Crippen LogP contribution in [-0.4, -0.2) is 16.8 Å². The topological polar surface area (TPSA) is 37.3 Å². The van der Waals surface area contributed by atoms with E-state index in [0.29, 0.717) is 11.3 Å². The molecule has 1 aromatic carbocycles. The third-order valence-corrected chi connectivity index (χ3v) is 1.85. The van der Waals surface area contributed by atoms with Crippen molar-refractivity contribution in [2.24, 2.45) is 0 Å². The predicted molar refractivity (Wildman–Crippen MR) is 58.5 cm³/mol. The van der Waals surface area contributed by atoms with Crippen molar-refractivity contribution in [3.8, 4) is 11.8 Å². The molecule has 0 radical (unpaired) electrons. The van der Waals surface area contributed by atoms with Gasteiger partial charge in [-0.25, -0.2) is 4.39 Å². The second-order valence-corrected chi connectivity index (χ2v) is 3.16. The second kappa shape index (κ2) is 5.42. The van der Waals surface area contributed by atoms with Crippen LogP contribution in [0.25, 0.3) is 0 Å². The molecule has 15 heavy (non-hydrogen) atoms. The summed E-state index contributed by atoms with van der Waals surface area (Å²) in [7, 11) is 0. The highest BCUT2D eigenvalue weighted by Crippen LogP contribution is 2.10. The maximum atomic E-state index is 13.3. The highest BCUT2D eigenvalue weighted by molar-refractivity contribution is 7.80. The Balaban J connectivity index is 2.92. The Hall–Kier alpha value is -1.47. The fraction of sp³-hybridized carbons (Fsp3) is 0.182. The standard InChI is InChI=1S/C11H9FO2S/c12-10-6-8(7-11(13)14)3-4-9(10)2-1-5-15/h3-4,6,15H,5,7H2,(H,13,14). The van der Waals surface area contributed by atoms with E-state index in [4.69, 9.17) is 5.11 Å². The van der Waals surface area contributed by atoms with Crippen LogP contribution in [0.4, 0.5) is 4.39 Å². The van der Waals surface area contributed by atoms with Crippen molar-refractivity contribution in [1.29, 1.82) is 0 Å². The molecule has 0 spiro atoms. The average Bonchev–Trinajstić information content (AvgIpc) is 2.15. The fourth-order valence-corrected chi connectivity index (χ4v) is 1.16. The number of carbonyl (C=O) groups is 1. The summed E-state index contributed by atoms with van der Waals surface area (Å²) < 4.78 is 13.3. The molecule has 1 N–H and O–H groups in total. The average molecular weight is 224 g/mol. The molecule has 0 saturated heterocycles. The number of halogens is 1. The molecule has 0 heterocycles. The maximum absolute atomic E-state index is 13.3. The van der Waals surface area contributed by atoms with Gasteiger partial charge in [0.15, 0.2) is 0 Å². The van der Waals surface area contributed by atoms with Gasteiger partial charge in [-0.3, -0.25) is 4.79 Å². The highest BCUT2D eigenvalue weighted by atomic mass is 32.1. The van der Waals surface area contributed by atoms with E-state index in [2.05, 4.69) is 24.5 Å².